The summed E-state index contributed by atoms with van der Waals surface area (Å²) in [5.74, 6) is -1.37. The number of benzene rings is 2. The first-order chi connectivity index (χ1) is 11.3. The van der Waals surface area contributed by atoms with Crippen molar-refractivity contribution in [2.24, 2.45) is 0 Å². The molecule has 3 N–H and O–H groups in total. The summed E-state index contributed by atoms with van der Waals surface area (Å²) < 4.78 is 1.00. The van der Waals surface area contributed by atoms with E-state index in [-0.39, 0.29) is 16.6 Å². The molecule has 0 saturated carbocycles. The van der Waals surface area contributed by atoms with E-state index in [1.165, 1.54) is 12.1 Å². The summed E-state index contributed by atoms with van der Waals surface area (Å²) in [6.07, 6.45) is 0. The molecule has 0 aliphatic heterocycles. The van der Waals surface area contributed by atoms with E-state index in [9.17, 15) is 9.59 Å². The van der Waals surface area contributed by atoms with Crippen LogP contribution in [0.2, 0.25) is 0 Å². The molecule has 0 aliphatic rings. The molecule has 0 heterocycles. The Hall–Kier alpha value is -1.77. The molecule has 2 aromatic carbocycles. The highest BCUT2D eigenvalue weighted by Gasteiger charge is 2.14. The van der Waals surface area contributed by atoms with Crippen LogP contribution < -0.4 is 10.6 Å². The number of aromatic carboxylic acids is 1. The summed E-state index contributed by atoms with van der Waals surface area (Å²) in [5, 5.41) is 14.6. The maximum Gasteiger partial charge on any atom is 0.335 e. The lowest BCUT2D eigenvalue weighted by atomic mass is 10.1. The zero-order valence-electron chi connectivity index (χ0n) is 12.4. The Kier molecular flexibility index (Phi) is 6.09. The Morgan fingerprint density at radius 1 is 1.08 bits per heavy atom. The van der Waals surface area contributed by atoms with Crippen molar-refractivity contribution < 1.29 is 14.7 Å². The SMILES string of the molecule is Cc1cccc(C(=O)NC(=S)Nc2c(Br)cc(C(=O)O)cc2Br)c1. The molecule has 5 nitrogen and oxygen atoms in total. The number of hydrogen-bond acceptors (Lipinski definition) is 3. The zero-order chi connectivity index (χ0) is 17.9. The van der Waals surface area contributed by atoms with Crippen LogP contribution in [0.3, 0.4) is 0 Å². The number of carbonyl (C=O) groups excluding carboxylic acids is 1. The molecule has 2 rings (SSSR count). The Labute approximate surface area is 160 Å². The van der Waals surface area contributed by atoms with Crippen molar-refractivity contribution in [1.29, 1.82) is 0 Å². The van der Waals surface area contributed by atoms with Gasteiger partial charge >= 0.3 is 5.97 Å². The summed E-state index contributed by atoms with van der Waals surface area (Å²) >= 11 is 11.7. The quantitative estimate of drug-likeness (QED) is 0.580. The van der Waals surface area contributed by atoms with Gasteiger partial charge in [-0.1, -0.05) is 17.7 Å². The van der Waals surface area contributed by atoms with Crippen molar-refractivity contribution in [3.8, 4) is 0 Å². The van der Waals surface area contributed by atoms with Crippen molar-refractivity contribution >= 4 is 66.8 Å². The average molecular weight is 472 g/mol. The van der Waals surface area contributed by atoms with Crippen LogP contribution in [0.1, 0.15) is 26.3 Å². The third-order valence-electron chi connectivity index (χ3n) is 3.03. The highest BCUT2D eigenvalue weighted by atomic mass is 79.9. The number of hydrogen-bond donors (Lipinski definition) is 3. The number of thiocarbonyl (C=S) groups is 1. The van der Waals surface area contributed by atoms with Crippen LogP contribution in [0, 0.1) is 6.92 Å². The summed E-state index contributed by atoms with van der Waals surface area (Å²) in [6.45, 7) is 1.89. The number of halogens is 2. The monoisotopic (exact) mass is 470 g/mol. The van der Waals surface area contributed by atoms with Crippen LogP contribution in [0.25, 0.3) is 0 Å². The molecule has 0 radical (unpaired) electrons. The van der Waals surface area contributed by atoms with Crippen LogP contribution in [0.4, 0.5) is 5.69 Å². The molecule has 0 aliphatic carbocycles. The molecule has 0 bridgehead atoms. The van der Waals surface area contributed by atoms with Gasteiger partial charge in [0.2, 0.25) is 0 Å². The van der Waals surface area contributed by atoms with E-state index in [4.69, 9.17) is 17.3 Å². The van der Waals surface area contributed by atoms with Gasteiger partial charge in [-0.15, -0.1) is 0 Å². The average Bonchev–Trinajstić information content (AvgIpc) is 2.50. The Morgan fingerprint density at radius 2 is 1.71 bits per heavy atom. The van der Waals surface area contributed by atoms with Crippen molar-refractivity contribution in [2.75, 3.05) is 5.32 Å². The molecule has 0 spiro atoms. The van der Waals surface area contributed by atoms with E-state index in [2.05, 4.69) is 42.5 Å². The second-order valence-corrected chi connectivity index (χ2v) is 7.01. The number of carboxylic acids is 1. The normalized spacial score (nSPS) is 10.1. The highest BCUT2D eigenvalue weighted by molar-refractivity contribution is 9.11. The van der Waals surface area contributed by atoms with E-state index in [0.29, 0.717) is 20.2 Å². The van der Waals surface area contributed by atoms with Gasteiger partial charge in [0.15, 0.2) is 5.11 Å². The Morgan fingerprint density at radius 3 is 2.25 bits per heavy atom. The molecule has 8 heteroatoms. The van der Waals surface area contributed by atoms with E-state index < -0.39 is 5.97 Å². The van der Waals surface area contributed by atoms with Crippen molar-refractivity contribution in [2.45, 2.75) is 6.92 Å². The van der Waals surface area contributed by atoms with Gasteiger partial charge in [-0.3, -0.25) is 10.1 Å². The molecule has 24 heavy (non-hydrogen) atoms. The molecule has 0 atom stereocenters. The van der Waals surface area contributed by atoms with Crippen molar-refractivity contribution in [3.63, 3.8) is 0 Å². The van der Waals surface area contributed by atoms with Gasteiger partial charge in [0.1, 0.15) is 0 Å². The van der Waals surface area contributed by atoms with E-state index in [1.54, 1.807) is 18.2 Å². The van der Waals surface area contributed by atoms with Crippen molar-refractivity contribution in [1.82, 2.24) is 5.32 Å². The third kappa shape index (κ3) is 4.62. The van der Waals surface area contributed by atoms with Crippen LogP contribution in [0.5, 0.6) is 0 Å². The minimum absolute atomic E-state index is 0.103. The Balaban J connectivity index is 2.13. The lowest BCUT2D eigenvalue weighted by molar-refractivity contribution is 0.0696. The topological polar surface area (TPSA) is 78.4 Å². The second kappa shape index (κ2) is 7.87. The number of nitrogens with one attached hydrogen (secondary N) is 2. The molecule has 2 aromatic rings. The first kappa shape index (κ1) is 18.6. The number of carboxylic acid groups (broad SMARTS) is 1. The van der Waals surface area contributed by atoms with Crippen LogP contribution >= 0.6 is 44.1 Å². The molecule has 0 aromatic heterocycles. The van der Waals surface area contributed by atoms with E-state index >= 15 is 0 Å². The number of aryl methyl sites for hydroxylation is 1. The molecule has 0 saturated heterocycles. The maximum absolute atomic E-state index is 12.2. The fraction of sp³-hybridized carbons (Fsp3) is 0.0625. The standard InChI is InChI=1S/C16H12Br2N2O3S/c1-8-3-2-4-9(5-8)14(21)20-16(24)19-13-11(17)6-10(15(22)23)7-12(13)18/h2-7H,1H3,(H,22,23)(H2,19,20,21,24). The van der Waals surface area contributed by atoms with Gasteiger partial charge in [0, 0.05) is 14.5 Å². The van der Waals surface area contributed by atoms with Gasteiger partial charge in [-0.05, 0) is 75.3 Å². The van der Waals surface area contributed by atoms with Crippen molar-refractivity contribution in [3.05, 3.63) is 62.0 Å². The smallest absolute Gasteiger partial charge is 0.335 e. The maximum atomic E-state index is 12.2. The second-order valence-electron chi connectivity index (χ2n) is 4.90. The first-order valence-corrected chi connectivity index (χ1v) is 8.68. The van der Waals surface area contributed by atoms with Gasteiger partial charge in [0.25, 0.3) is 5.91 Å². The number of carbonyl (C=O) groups is 2. The van der Waals surface area contributed by atoms with Gasteiger partial charge in [-0.2, -0.15) is 0 Å². The Bertz CT molecular complexity index is 817. The lowest BCUT2D eigenvalue weighted by Gasteiger charge is -2.13. The minimum atomic E-state index is -1.04. The van der Waals surface area contributed by atoms with Crippen LogP contribution in [-0.4, -0.2) is 22.1 Å². The summed E-state index contributed by atoms with van der Waals surface area (Å²) in [4.78, 5) is 23.2. The predicted octanol–water partition coefficient (Wildman–Crippen LogP) is 4.35. The molecule has 0 fully saturated rings. The molecule has 124 valence electrons. The molecular weight excluding hydrogens is 460 g/mol. The zero-order valence-corrected chi connectivity index (χ0v) is 16.4. The summed E-state index contributed by atoms with van der Waals surface area (Å²) in [5.41, 5.74) is 2.11. The third-order valence-corrected chi connectivity index (χ3v) is 4.49. The number of rotatable bonds is 3. The molecule has 0 unspecified atom stereocenters. The largest absolute Gasteiger partial charge is 0.478 e. The predicted molar refractivity (Wildman–Crippen MR) is 104 cm³/mol. The molecular formula is C16H12Br2N2O3S. The fourth-order valence-corrected chi connectivity index (χ4v) is 3.50. The fourth-order valence-electron chi connectivity index (χ4n) is 1.92. The van der Waals surface area contributed by atoms with Gasteiger partial charge in [0.05, 0.1) is 11.3 Å². The van der Waals surface area contributed by atoms with Gasteiger partial charge < -0.3 is 10.4 Å². The molecule has 1 amide bonds. The van der Waals surface area contributed by atoms with Crippen LogP contribution in [0.15, 0.2) is 45.3 Å². The summed E-state index contributed by atoms with van der Waals surface area (Å²) in [6, 6.07) is 10.0. The summed E-state index contributed by atoms with van der Waals surface area (Å²) in [7, 11) is 0. The number of amides is 1. The highest BCUT2D eigenvalue weighted by Crippen LogP contribution is 2.32. The minimum Gasteiger partial charge on any atom is -0.478 e. The van der Waals surface area contributed by atoms with Crippen LogP contribution in [-0.2, 0) is 0 Å². The number of anilines is 1. The van der Waals surface area contributed by atoms with E-state index in [0.717, 1.165) is 5.56 Å². The first-order valence-electron chi connectivity index (χ1n) is 6.69. The van der Waals surface area contributed by atoms with E-state index in [1.807, 2.05) is 13.0 Å². The van der Waals surface area contributed by atoms with Gasteiger partial charge in [-0.25, -0.2) is 4.79 Å². The lowest BCUT2D eigenvalue weighted by Crippen LogP contribution is -2.34.